The first-order valence-electron chi connectivity index (χ1n) is 8.29. The van der Waals surface area contributed by atoms with Crippen molar-refractivity contribution in [1.82, 2.24) is 20.1 Å². The van der Waals surface area contributed by atoms with Gasteiger partial charge in [-0.15, -0.1) is 10.2 Å². The predicted octanol–water partition coefficient (Wildman–Crippen LogP) is 3.67. The van der Waals surface area contributed by atoms with Gasteiger partial charge < -0.3 is 4.57 Å². The van der Waals surface area contributed by atoms with Crippen LogP contribution in [0.15, 0.2) is 59.8 Å². The van der Waals surface area contributed by atoms with Crippen molar-refractivity contribution < 1.29 is 9.59 Å². The van der Waals surface area contributed by atoms with Gasteiger partial charge in [0.05, 0.1) is 5.75 Å². The summed E-state index contributed by atoms with van der Waals surface area (Å²) in [6, 6.07) is 16.0. The SMILES string of the molecule is CCn1c(SCC(=O)NC(=O)c2ccccc2)nnc1-c1cccc(Cl)c1. The van der Waals surface area contributed by atoms with Crippen molar-refractivity contribution in [2.75, 3.05) is 5.75 Å². The van der Waals surface area contributed by atoms with Crippen LogP contribution in [0, 0.1) is 0 Å². The van der Waals surface area contributed by atoms with Gasteiger partial charge in [0.25, 0.3) is 5.91 Å². The van der Waals surface area contributed by atoms with Gasteiger partial charge in [0.2, 0.25) is 5.91 Å². The van der Waals surface area contributed by atoms with Crippen LogP contribution in [0.25, 0.3) is 11.4 Å². The van der Waals surface area contributed by atoms with E-state index in [1.54, 1.807) is 30.3 Å². The van der Waals surface area contributed by atoms with Crippen LogP contribution in [0.3, 0.4) is 0 Å². The number of benzene rings is 2. The molecule has 0 bridgehead atoms. The summed E-state index contributed by atoms with van der Waals surface area (Å²) in [5.41, 5.74) is 1.29. The molecule has 0 saturated carbocycles. The second kappa shape index (κ2) is 8.83. The van der Waals surface area contributed by atoms with E-state index in [2.05, 4.69) is 15.5 Å². The van der Waals surface area contributed by atoms with Gasteiger partial charge in [-0.1, -0.05) is 53.7 Å². The van der Waals surface area contributed by atoms with Gasteiger partial charge in [0.1, 0.15) is 0 Å². The number of rotatable bonds is 6. The third-order valence-electron chi connectivity index (χ3n) is 3.74. The summed E-state index contributed by atoms with van der Waals surface area (Å²) in [6.07, 6.45) is 0. The molecule has 1 heterocycles. The van der Waals surface area contributed by atoms with Gasteiger partial charge in [-0.25, -0.2) is 0 Å². The molecule has 6 nitrogen and oxygen atoms in total. The fraction of sp³-hybridized carbons (Fsp3) is 0.158. The summed E-state index contributed by atoms with van der Waals surface area (Å²) >= 11 is 7.28. The molecule has 3 aromatic rings. The number of halogens is 1. The Morgan fingerprint density at radius 1 is 1.11 bits per heavy atom. The normalized spacial score (nSPS) is 10.6. The Morgan fingerprint density at radius 3 is 2.59 bits per heavy atom. The number of carbonyl (C=O) groups excluding carboxylic acids is 2. The van der Waals surface area contributed by atoms with Crippen LogP contribution in [-0.2, 0) is 11.3 Å². The van der Waals surface area contributed by atoms with Crippen molar-refractivity contribution >= 4 is 35.2 Å². The Hall–Kier alpha value is -2.64. The number of thioether (sulfide) groups is 1. The highest BCUT2D eigenvalue weighted by atomic mass is 35.5. The Morgan fingerprint density at radius 2 is 1.89 bits per heavy atom. The van der Waals surface area contributed by atoms with E-state index in [9.17, 15) is 9.59 Å². The minimum Gasteiger partial charge on any atom is -0.302 e. The van der Waals surface area contributed by atoms with E-state index < -0.39 is 5.91 Å². The minimum absolute atomic E-state index is 0.0618. The van der Waals surface area contributed by atoms with Gasteiger partial charge in [-0.05, 0) is 31.2 Å². The van der Waals surface area contributed by atoms with Gasteiger partial charge in [0.15, 0.2) is 11.0 Å². The van der Waals surface area contributed by atoms with Crippen molar-refractivity contribution in [1.29, 1.82) is 0 Å². The summed E-state index contributed by atoms with van der Waals surface area (Å²) in [5.74, 6) is -0.0587. The van der Waals surface area contributed by atoms with Crippen LogP contribution < -0.4 is 5.32 Å². The zero-order chi connectivity index (χ0) is 19.2. The molecule has 0 saturated heterocycles. The topological polar surface area (TPSA) is 76.9 Å². The minimum atomic E-state index is -0.419. The average molecular weight is 401 g/mol. The van der Waals surface area contributed by atoms with Crippen LogP contribution in [0.1, 0.15) is 17.3 Å². The Kier molecular flexibility index (Phi) is 6.26. The molecular formula is C19H17ClN4O2S. The maximum Gasteiger partial charge on any atom is 0.257 e. The molecule has 1 N–H and O–H groups in total. The highest BCUT2D eigenvalue weighted by molar-refractivity contribution is 7.99. The molecule has 0 radical (unpaired) electrons. The second-order valence-corrected chi connectivity index (χ2v) is 6.97. The molecule has 8 heteroatoms. The first-order chi connectivity index (χ1) is 13.1. The van der Waals surface area contributed by atoms with Crippen molar-refractivity contribution in [2.45, 2.75) is 18.6 Å². The smallest absolute Gasteiger partial charge is 0.257 e. The van der Waals surface area contributed by atoms with Gasteiger partial charge >= 0.3 is 0 Å². The summed E-state index contributed by atoms with van der Waals surface area (Å²) in [5, 5.41) is 12.0. The van der Waals surface area contributed by atoms with Crippen LogP contribution in [-0.4, -0.2) is 32.3 Å². The van der Waals surface area contributed by atoms with E-state index in [0.29, 0.717) is 28.1 Å². The molecule has 1 aromatic heterocycles. The Bertz CT molecular complexity index is 959. The highest BCUT2D eigenvalue weighted by Gasteiger charge is 2.16. The number of hydrogen-bond donors (Lipinski definition) is 1. The average Bonchev–Trinajstić information content (AvgIpc) is 3.10. The lowest BCUT2D eigenvalue weighted by molar-refractivity contribution is -0.117. The van der Waals surface area contributed by atoms with E-state index in [-0.39, 0.29) is 11.7 Å². The fourth-order valence-corrected chi connectivity index (χ4v) is 3.47. The molecular weight excluding hydrogens is 384 g/mol. The maximum atomic E-state index is 12.1. The molecule has 2 amide bonds. The molecule has 138 valence electrons. The van der Waals surface area contributed by atoms with Crippen LogP contribution in [0.4, 0.5) is 0 Å². The lowest BCUT2D eigenvalue weighted by Gasteiger charge is -2.08. The third kappa shape index (κ3) is 4.75. The lowest BCUT2D eigenvalue weighted by atomic mass is 10.2. The fourth-order valence-electron chi connectivity index (χ4n) is 2.48. The van der Waals surface area contributed by atoms with E-state index in [4.69, 9.17) is 11.6 Å². The summed E-state index contributed by atoms with van der Waals surface area (Å²) in [7, 11) is 0. The summed E-state index contributed by atoms with van der Waals surface area (Å²) in [4.78, 5) is 24.1. The summed E-state index contributed by atoms with van der Waals surface area (Å²) < 4.78 is 1.91. The number of nitrogens with one attached hydrogen (secondary N) is 1. The second-order valence-electron chi connectivity index (χ2n) is 5.59. The predicted molar refractivity (Wildman–Crippen MR) is 106 cm³/mol. The molecule has 27 heavy (non-hydrogen) atoms. The number of imide groups is 1. The van der Waals surface area contributed by atoms with E-state index >= 15 is 0 Å². The van der Waals surface area contributed by atoms with Crippen molar-refractivity contribution in [2.24, 2.45) is 0 Å². The molecule has 0 aliphatic heterocycles. The molecule has 0 atom stereocenters. The molecule has 0 fully saturated rings. The lowest BCUT2D eigenvalue weighted by Crippen LogP contribution is -2.31. The molecule has 0 aliphatic carbocycles. The van der Waals surface area contributed by atoms with Crippen molar-refractivity contribution in [3.8, 4) is 11.4 Å². The van der Waals surface area contributed by atoms with Gasteiger partial charge in [-0.3, -0.25) is 14.9 Å². The van der Waals surface area contributed by atoms with Gasteiger partial charge in [0, 0.05) is 22.7 Å². The number of aromatic nitrogens is 3. The molecule has 0 unspecified atom stereocenters. The standard InChI is InChI=1S/C19H17ClN4O2S/c1-2-24-17(14-9-6-10-15(20)11-14)22-23-19(24)27-12-16(25)21-18(26)13-7-4-3-5-8-13/h3-11H,2,12H2,1H3,(H,21,25,26). The van der Waals surface area contributed by atoms with Crippen molar-refractivity contribution in [3.63, 3.8) is 0 Å². The quantitative estimate of drug-likeness (QED) is 0.639. The maximum absolute atomic E-state index is 12.1. The molecule has 0 spiro atoms. The Labute approximate surface area is 165 Å². The largest absolute Gasteiger partial charge is 0.302 e. The monoisotopic (exact) mass is 400 g/mol. The Balaban J connectivity index is 1.66. The first-order valence-corrected chi connectivity index (χ1v) is 9.66. The molecule has 2 aromatic carbocycles. The zero-order valence-electron chi connectivity index (χ0n) is 14.6. The van der Waals surface area contributed by atoms with E-state index in [1.807, 2.05) is 35.8 Å². The number of carbonyl (C=O) groups is 2. The number of hydrogen-bond acceptors (Lipinski definition) is 5. The molecule has 0 aliphatic rings. The summed E-state index contributed by atoms with van der Waals surface area (Å²) in [6.45, 7) is 2.61. The van der Waals surface area contributed by atoms with Crippen LogP contribution in [0.5, 0.6) is 0 Å². The molecule has 3 rings (SSSR count). The zero-order valence-corrected chi connectivity index (χ0v) is 16.1. The van der Waals surface area contributed by atoms with Crippen LogP contribution in [0.2, 0.25) is 5.02 Å². The van der Waals surface area contributed by atoms with Crippen LogP contribution >= 0.6 is 23.4 Å². The van der Waals surface area contributed by atoms with Crippen molar-refractivity contribution in [3.05, 3.63) is 65.2 Å². The first kappa shape index (κ1) is 19.1. The number of amides is 2. The van der Waals surface area contributed by atoms with E-state index in [1.165, 1.54) is 11.8 Å². The van der Waals surface area contributed by atoms with Gasteiger partial charge in [-0.2, -0.15) is 0 Å². The highest BCUT2D eigenvalue weighted by Crippen LogP contribution is 2.25. The number of nitrogens with zero attached hydrogens (tertiary/aromatic N) is 3. The third-order valence-corrected chi connectivity index (χ3v) is 4.94. The van der Waals surface area contributed by atoms with E-state index in [0.717, 1.165) is 5.56 Å².